The third-order valence-electron chi connectivity index (χ3n) is 5.42. The van der Waals surface area contributed by atoms with Crippen LogP contribution < -0.4 is 19.7 Å². The van der Waals surface area contributed by atoms with E-state index in [1.165, 1.54) is 10.8 Å². The van der Waals surface area contributed by atoms with E-state index in [1.54, 1.807) is 14.2 Å². The predicted molar refractivity (Wildman–Crippen MR) is 120 cm³/mol. The van der Waals surface area contributed by atoms with Crippen LogP contribution in [0.5, 0.6) is 11.5 Å². The number of carbonyl (C=O) groups is 1. The van der Waals surface area contributed by atoms with Crippen LogP contribution in [0.25, 0.3) is 10.8 Å². The van der Waals surface area contributed by atoms with Gasteiger partial charge in [-0.05, 0) is 41.0 Å². The lowest BCUT2D eigenvalue weighted by Gasteiger charge is -2.19. The molecule has 3 aromatic rings. The number of nitrogens with one attached hydrogen (secondary N) is 2. The van der Waals surface area contributed by atoms with Crippen LogP contribution in [0.4, 0.5) is 0 Å². The summed E-state index contributed by atoms with van der Waals surface area (Å²) in [6.45, 7) is 3.33. The van der Waals surface area contributed by atoms with Crippen molar-refractivity contribution in [3.05, 3.63) is 71.8 Å². The highest BCUT2D eigenvalue weighted by Gasteiger charge is 2.16. The highest BCUT2D eigenvalue weighted by Crippen LogP contribution is 2.27. The quantitative estimate of drug-likeness (QED) is 0.574. The zero-order valence-electron chi connectivity index (χ0n) is 18.2. The molecule has 3 rings (SSSR count). The number of rotatable bonds is 9. The van der Waals surface area contributed by atoms with Crippen molar-refractivity contribution in [1.29, 1.82) is 0 Å². The Hall–Kier alpha value is -3.05. The molecule has 0 radical (unpaired) electrons. The normalized spacial score (nSPS) is 12.9. The van der Waals surface area contributed by atoms with E-state index < -0.39 is 0 Å². The average Bonchev–Trinajstić information content (AvgIpc) is 2.76. The van der Waals surface area contributed by atoms with Gasteiger partial charge in [-0.3, -0.25) is 4.79 Å². The van der Waals surface area contributed by atoms with Gasteiger partial charge in [0, 0.05) is 6.42 Å². The van der Waals surface area contributed by atoms with Crippen LogP contribution in [0, 0.1) is 0 Å². The first-order valence-electron chi connectivity index (χ1n) is 10.3. The molecule has 0 fully saturated rings. The molecule has 0 aromatic heterocycles. The molecule has 30 heavy (non-hydrogen) atoms. The smallest absolute Gasteiger partial charge is 0.275 e. The molecule has 2 N–H and O–H groups in total. The van der Waals surface area contributed by atoms with Gasteiger partial charge in [-0.1, -0.05) is 48.5 Å². The largest absolute Gasteiger partial charge is 0.493 e. The number of quaternary nitrogens is 1. The molecule has 0 aliphatic carbocycles. The second kappa shape index (κ2) is 10.1. The molecule has 3 aromatic carbocycles. The van der Waals surface area contributed by atoms with Crippen molar-refractivity contribution in [1.82, 2.24) is 5.32 Å². The summed E-state index contributed by atoms with van der Waals surface area (Å²) in [6.07, 6.45) is 0.859. The van der Waals surface area contributed by atoms with E-state index in [-0.39, 0.29) is 11.9 Å². The second-order valence-corrected chi connectivity index (χ2v) is 7.68. The third-order valence-corrected chi connectivity index (χ3v) is 5.42. The Labute approximate surface area is 178 Å². The van der Waals surface area contributed by atoms with Gasteiger partial charge in [0.15, 0.2) is 18.0 Å². The van der Waals surface area contributed by atoms with Crippen molar-refractivity contribution in [2.75, 3.05) is 34.4 Å². The molecule has 0 heterocycles. The summed E-state index contributed by atoms with van der Waals surface area (Å²) in [7, 11) is 5.32. The summed E-state index contributed by atoms with van der Waals surface area (Å²) in [4.78, 5) is 13.8. The van der Waals surface area contributed by atoms with Crippen LogP contribution >= 0.6 is 0 Å². The fourth-order valence-electron chi connectivity index (χ4n) is 3.75. The number of carbonyl (C=O) groups excluding carboxylic acids is 1. The Bertz CT molecular complexity index is 997. The maximum absolute atomic E-state index is 12.6. The van der Waals surface area contributed by atoms with Crippen molar-refractivity contribution in [2.24, 2.45) is 0 Å². The van der Waals surface area contributed by atoms with Crippen LogP contribution in [0.2, 0.25) is 0 Å². The number of ether oxygens (including phenoxy) is 2. The standard InChI is InChI=1S/C25H30N2O3/c1-18(21-11-7-9-20-8-5-6-10-22(20)21)26-25(28)17-27(2)15-14-19-12-13-23(29-3)24(16-19)30-4/h5-13,16,18H,14-15,17H2,1-4H3,(H,26,28)/p+1/t18-/m1/s1. The van der Waals surface area contributed by atoms with Crippen molar-refractivity contribution < 1.29 is 19.2 Å². The number of benzene rings is 3. The van der Waals surface area contributed by atoms with Gasteiger partial charge in [0.2, 0.25) is 0 Å². The minimum Gasteiger partial charge on any atom is -0.493 e. The van der Waals surface area contributed by atoms with Crippen molar-refractivity contribution in [2.45, 2.75) is 19.4 Å². The molecule has 5 heteroatoms. The van der Waals surface area contributed by atoms with E-state index in [9.17, 15) is 4.79 Å². The molecule has 5 nitrogen and oxygen atoms in total. The lowest BCUT2D eigenvalue weighted by molar-refractivity contribution is -0.871. The molecule has 1 amide bonds. The predicted octanol–water partition coefficient (Wildman–Crippen LogP) is 2.79. The molecule has 0 saturated heterocycles. The van der Waals surface area contributed by atoms with Gasteiger partial charge in [-0.2, -0.15) is 0 Å². The number of fused-ring (bicyclic) bond motifs is 1. The monoisotopic (exact) mass is 407 g/mol. The highest BCUT2D eigenvalue weighted by molar-refractivity contribution is 5.87. The Balaban J connectivity index is 1.54. The average molecular weight is 408 g/mol. The zero-order valence-corrected chi connectivity index (χ0v) is 18.2. The van der Waals surface area contributed by atoms with Crippen molar-refractivity contribution >= 4 is 16.7 Å². The van der Waals surface area contributed by atoms with E-state index in [0.717, 1.165) is 40.5 Å². The summed E-state index contributed by atoms with van der Waals surface area (Å²) in [6, 6.07) is 20.4. The number of likely N-dealkylation sites (N-methyl/N-ethyl adjacent to an activating group) is 1. The topological polar surface area (TPSA) is 52.0 Å². The van der Waals surface area contributed by atoms with Gasteiger partial charge in [0.1, 0.15) is 0 Å². The first-order chi connectivity index (χ1) is 14.5. The van der Waals surface area contributed by atoms with Gasteiger partial charge >= 0.3 is 0 Å². The zero-order chi connectivity index (χ0) is 21.5. The Kier molecular flexibility index (Phi) is 7.31. The molecule has 0 aliphatic heterocycles. The summed E-state index contributed by atoms with van der Waals surface area (Å²) >= 11 is 0. The Morgan fingerprint density at radius 1 is 1.00 bits per heavy atom. The third kappa shape index (κ3) is 5.30. The molecule has 0 aliphatic rings. The van der Waals surface area contributed by atoms with Crippen molar-refractivity contribution in [3.8, 4) is 11.5 Å². The fraction of sp³-hybridized carbons (Fsp3) is 0.320. The van der Waals surface area contributed by atoms with E-state index >= 15 is 0 Å². The molecule has 2 atom stereocenters. The van der Waals surface area contributed by atoms with Gasteiger partial charge in [0.25, 0.3) is 5.91 Å². The number of amides is 1. The molecular formula is C25H31N2O3+. The number of methoxy groups -OCH3 is 2. The first-order valence-corrected chi connectivity index (χ1v) is 10.3. The SMILES string of the molecule is COc1ccc(CC[NH+](C)CC(=O)N[C@H](C)c2cccc3ccccc23)cc1OC. The molecule has 158 valence electrons. The van der Waals surface area contributed by atoms with Gasteiger partial charge < -0.3 is 19.7 Å². The van der Waals surface area contributed by atoms with Crippen LogP contribution in [0.3, 0.4) is 0 Å². The van der Waals surface area contributed by atoms with Crippen LogP contribution in [-0.4, -0.2) is 40.3 Å². The van der Waals surface area contributed by atoms with E-state index in [4.69, 9.17) is 9.47 Å². The number of hydrogen-bond acceptors (Lipinski definition) is 3. The number of hydrogen-bond donors (Lipinski definition) is 2. The van der Waals surface area contributed by atoms with Gasteiger partial charge in [-0.25, -0.2) is 0 Å². The fourth-order valence-corrected chi connectivity index (χ4v) is 3.75. The molecule has 0 spiro atoms. The summed E-state index contributed by atoms with van der Waals surface area (Å²) < 4.78 is 10.7. The van der Waals surface area contributed by atoms with Crippen LogP contribution in [0.15, 0.2) is 60.7 Å². The summed E-state index contributed by atoms with van der Waals surface area (Å²) in [5, 5.41) is 5.53. The van der Waals surface area contributed by atoms with E-state index in [0.29, 0.717) is 6.54 Å². The molecule has 1 unspecified atom stereocenters. The minimum absolute atomic E-state index is 0.0396. The molecular weight excluding hydrogens is 376 g/mol. The molecule has 0 saturated carbocycles. The van der Waals surface area contributed by atoms with Gasteiger partial charge in [0.05, 0.1) is 33.9 Å². The van der Waals surface area contributed by atoms with E-state index in [1.807, 2.05) is 50.4 Å². The minimum atomic E-state index is -0.0396. The van der Waals surface area contributed by atoms with Gasteiger partial charge in [-0.15, -0.1) is 0 Å². The maximum atomic E-state index is 12.6. The van der Waals surface area contributed by atoms with E-state index in [2.05, 4.69) is 29.6 Å². The van der Waals surface area contributed by atoms with Crippen molar-refractivity contribution in [3.63, 3.8) is 0 Å². The summed E-state index contributed by atoms with van der Waals surface area (Å²) in [5.74, 6) is 1.51. The molecule has 0 bridgehead atoms. The lowest BCUT2D eigenvalue weighted by Crippen LogP contribution is -3.10. The van der Waals surface area contributed by atoms with Crippen LogP contribution in [0.1, 0.15) is 24.1 Å². The maximum Gasteiger partial charge on any atom is 0.275 e. The Morgan fingerprint density at radius 2 is 1.73 bits per heavy atom. The summed E-state index contributed by atoms with van der Waals surface area (Å²) in [5.41, 5.74) is 2.31. The first kappa shape index (κ1) is 21.7. The second-order valence-electron chi connectivity index (χ2n) is 7.68. The lowest BCUT2D eigenvalue weighted by atomic mass is 10.00. The highest BCUT2D eigenvalue weighted by atomic mass is 16.5. The van der Waals surface area contributed by atoms with Crippen LogP contribution in [-0.2, 0) is 11.2 Å². The Morgan fingerprint density at radius 3 is 2.50 bits per heavy atom.